The number of fused-ring (bicyclic) bond motifs is 1. The second-order valence-electron chi connectivity index (χ2n) is 7.85. The monoisotopic (exact) mass is 498 g/mol. The molecule has 0 saturated carbocycles. The van der Waals surface area contributed by atoms with Crippen LogP contribution in [0.25, 0.3) is 10.2 Å². The fourth-order valence-corrected chi connectivity index (χ4v) is 5.42. The highest BCUT2D eigenvalue weighted by Gasteiger charge is 2.34. The average Bonchev–Trinajstić information content (AvgIpc) is 3.15. The zero-order valence-corrected chi connectivity index (χ0v) is 19.5. The Morgan fingerprint density at radius 2 is 1.88 bits per heavy atom. The Kier molecular flexibility index (Phi) is 5.62. The third-order valence-electron chi connectivity index (χ3n) is 5.31. The molecule has 0 unspecified atom stereocenters. The first-order valence-corrected chi connectivity index (χ1v) is 12.6. The van der Waals surface area contributed by atoms with Gasteiger partial charge in [0.05, 0.1) is 21.0 Å². The van der Waals surface area contributed by atoms with E-state index in [2.05, 4.69) is 25.0 Å². The van der Waals surface area contributed by atoms with Gasteiger partial charge >= 0.3 is 0 Å². The van der Waals surface area contributed by atoms with Gasteiger partial charge in [0, 0.05) is 30.7 Å². The molecule has 0 spiro atoms. The summed E-state index contributed by atoms with van der Waals surface area (Å²) in [7, 11) is -3.86. The number of carbonyl (C=O) groups excluding carboxylic acids is 1. The number of amides is 1. The van der Waals surface area contributed by atoms with Crippen LogP contribution in [0.4, 0.5) is 21.2 Å². The topological polar surface area (TPSA) is 117 Å². The summed E-state index contributed by atoms with van der Waals surface area (Å²) in [5.41, 5.74) is 1.86. The van der Waals surface area contributed by atoms with E-state index in [1.165, 1.54) is 53.9 Å². The van der Waals surface area contributed by atoms with Crippen LogP contribution < -0.4 is 14.9 Å². The highest BCUT2D eigenvalue weighted by atomic mass is 32.2. The van der Waals surface area contributed by atoms with E-state index < -0.39 is 10.0 Å². The summed E-state index contributed by atoms with van der Waals surface area (Å²) < 4.78 is 41.6. The van der Waals surface area contributed by atoms with Gasteiger partial charge in [0.25, 0.3) is 10.0 Å². The molecule has 1 amide bonds. The molecule has 12 heteroatoms. The summed E-state index contributed by atoms with van der Waals surface area (Å²) in [6.45, 7) is 2.74. The molecule has 1 aliphatic heterocycles. The van der Waals surface area contributed by atoms with Crippen molar-refractivity contribution in [3.8, 4) is 0 Å². The Labute approximate surface area is 198 Å². The Hall–Kier alpha value is -3.64. The van der Waals surface area contributed by atoms with Crippen molar-refractivity contribution < 1.29 is 17.6 Å². The fourth-order valence-electron chi connectivity index (χ4n) is 3.46. The Bertz CT molecular complexity index is 1480. The molecule has 0 atom stereocenters. The summed E-state index contributed by atoms with van der Waals surface area (Å²) in [5, 5.41) is 3.57. The molecule has 2 N–H and O–H groups in total. The lowest BCUT2D eigenvalue weighted by Gasteiger charge is -2.37. The molecule has 2 aromatic heterocycles. The molecule has 2 aromatic carbocycles. The standard InChI is InChI=1S/C22H19FN6O3S2/c1-13-8-9-24-21(25-13)28-34(31,32)17-5-3-16(4-6-17)26-20(30)14-11-29(12-14)22-27-18-7-2-15(23)10-19(18)33-22/h2-10,14H,11-12H2,1H3,(H,26,30)(H,24,25,28). The molecule has 1 fully saturated rings. The van der Waals surface area contributed by atoms with E-state index >= 15 is 0 Å². The number of hydrogen-bond donors (Lipinski definition) is 2. The van der Waals surface area contributed by atoms with Gasteiger partial charge in [-0.15, -0.1) is 0 Å². The van der Waals surface area contributed by atoms with E-state index in [-0.39, 0.29) is 28.5 Å². The van der Waals surface area contributed by atoms with E-state index in [1.807, 2.05) is 4.90 Å². The second kappa shape index (κ2) is 8.61. The van der Waals surface area contributed by atoms with Crippen molar-refractivity contribution in [2.75, 3.05) is 28.0 Å². The summed E-state index contributed by atoms with van der Waals surface area (Å²) in [5.74, 6) is -0.704. The van der Waals surface area contributed by atoms with Gasteiger partial charge in [-0.25, -0.2) is 32.5 Å². The molecule has 34 heavy (non-hydrogen) atoms. The average molecular weight is 499 g/mol. The first-order chi connectivity index (χ1) is 16.3. The van der Waals surface area contributed by atoms with Crippen LogP contribution >= 0.6 is 11.3 Å². The lowest BCUT2D eigenvalue weighted by molar-refractivity contribution is -0.120. The second-order valence-corrected chi connectivity index (χ2v) is 10.5. The number of hydrogen-bond acceptors (Lipinski definition) is 8. The van der Waals surface area contributed by atoms with Crippen molar-refractivity contribution in [1.29, 1.82) is 0 Å². The number of thiazole rings is 1. The van der Waals surface area contributed by atoms with Crippen molar-refractivity contribution in [1.82, 2.24) is 15.0 Å². The maximum absolute atomic E-state index is 13.4. The third kappa shape index (κ3) is 4.54. The molecule has 4 aromatic rings. The van der Waals surface area contributed by atoms with Gasteiger partial charge in [-0.2, -0.15) is 0 Å². The number of halogens is 1. The van der Waals surface area contributed by atoms with Crippen molar-refractivity contribution in [3.63, 3.8) is 0 Å². The Morgan fingerprint density at radius 1 is 1.12 bits per heavy atom. The Morgan fingerprint density at radius 3 is 2.62 bits per heavy atom. The van der Waals surface area contributed by atoms with Gasteiger partial charge in [-0.3, -0.25) is 4.79 Å². The maximum Gasteiger partial charge on any atom is 0.264 e. The van der Waals surface area contributed by atoms with Crippen LogP contribution in [0.3, 0.4) is 0 Å². The molecule has 9 nitrogen and oxygen atoms in total. The fraction of sp³-hybridized carbons (Fsp3) is 0.182. The summed E-state index contributed by atoms with van der Waals surface area (Å²) in [6.07, 6.45) is 1.47. The summed E-state index contributed by atoms with van der Waals surface area (Å²) >= 11 is 1.39. The van der Waals surface area contributed by atoms with Gasteiger partial charge in [-0.1, -0.05) is 11.3 Å². The number of carbonyl (C=O) groups is 1. The minimum atomic E-state index is -3.86. The first kappa shape index (κ1) is 22.2. The number of nitrogens with one attached hydrogen (secondary N) is 2. The Balaban J connectivity index is 1.18. The van der Waals surface area contributed by atoms with Crippen LogP contribution in [0.1, 0.15) is 5.69 Å². The normalized spacial score (nSPS) is 14.1. The van der Waals surface area contributed by atoms with Gasteiger partial charge < -0.3 is 10.2 Å². The molecule has 0 aliphatic carbocycles. The third-order valence-corrected chi connectivity index (χ3v) is 7.74. The molecule has 5 rings (SSSR count). The van der Waals surface area contributed by atoms with Crippen LogP contribution in [0.15, 0.2) is 59.6 Å². The zero-order valence-electron chi connectivity index (χ0n) is 17.9. The largest absolute Gasteiger partial charge is 0.346 e. The van der Waals surface area contributed by atoms with Crippen LogP contribution in [0, 0.1) is 18.7 Å². The molecule has 3 heterocycles. The van der Waals surface area contributed by atoms with Gasteiger partial charge in [0.15, 0.2) is 5.13 Å². The van der Waals surface area contributed by atoms with Crippen molar-refractivity contribution in [3.05, 3.63) is 66.2 Å². The molecular formula is C22H19FN6O3S2. The van der Waals surface area contributed by atoms with E-state index in [9.17, 15) is 17.6 Å². The van der Waals surface area contributed by atoms with Gasteiger partial charge in [0.2, 0.25) is 11.9 Å². The predicted molar refractivity (Wildman–Crippen MR) is 128 cm³/mol. The number of rotatable bonds is 6. The van der Waals surface area contributed by atoms with E-state index in [1.54, 1.807) is 19.1 Å². The molecule has 1 aliphatic rings. The molecule has 0 radical (unpaired) electrons. The highest BCUT2D eigenvalue weighted by Crippen LogP contribution is 2.33. The van der Waals surface area contributed by atoms with Crippen molar-refractivity contribution in [2.45, 2.75) is 11.8 Å². The van der Waals surface area contributed by atoms with Crippen molar-refractivity contribution in [2.24, 2.45) is 5.92 Å². The number of sulfonamides is 1. The minimum Gasteiger partial charge on any atom is -0.346 e. The molecule has 0 bridgehead atoms. The molecule has 174 valence electrons. The van der Waals surface area contributed by atoms with Crippen LogP contribution in [-0.2, 0) is 14.8 Å². The number of aryl methyl sites for hydroxylation is 1. The lowest BCUT2D eigenvalue weighted by atomic mass is 10.00. The minimum absolute atomic E-state index is 0.00909. The number of benzene rings is 2. The van der Waals surface area contributed by atoms with Crippen LogP contribution in [-0.4, -0.2) is 42.4 Å². The maximum atomic E-state index is 13.4. The van der Waals surface area contributed by atoms with Crippen molar-refractivity contribution >= 4 is 54.3 Å². The predicted octanol–water partition coefficient (Wildman–Crippen LogP) is 3.41. The molecule has 1 saturated heterocycles. The van der Waals surface area contributed by atoms with E-state index in [0.29, 0.717) is 24.5 Å². The summed E-state index contributed by atoms with van der Waals surface area (Å²) in [6, 6.07) is 12.0. The van der Waals surface area contributed by atoms with Crippen LogP contribution in [0.2, 0.25) is 0 Å². The first-order valence-electron chi connectivity index (χ1n) is 10.3. The number of nitrogens with zero attached hydrogens (tertiary/aromatic N) is 4. The quantitative estimate of drug-likeness (QED) is 0.418. The zero-order chi connectivity index (χ0) is 23.9. The number of aromatic nitrogens is 3. The van der Waals surface area contributed by atoms with E-state index in [0.717, 1.165) is 15.3 Å². The molecular weight excluding hydrogens is 479 g/mol. The van der Waals surface area contributed by atoms with Gasteiger partial charge in [0.1, 0.15) is 5.82 Å². The highest BCUT2D eigenvalue weighted by molar-refractivity contribution is 7.92. The van der Waals surface area contributed by atoms with Crippen LogP contribution in [0.5, 0.6) is 0 Å². The number of anilines is 3. The van der Waals surface area contributed by atoms with Gasteiger partial charge in [-0.05, 0) is 55.5 Å². The SMILES string of the molecule is Cc1ccnc(NS(=O)(=O)c2ccc(NC(=O)C3CN(c4nc5ccc(F)cc5s4)C3)cc2)n1. The lowest BCUT2D eigenvalue weighted by Crippen LogP contribution is -2.52. The van der Waals surface area contributed by atoms with E-state index in [4.69, 9.17) is 0 Å². The smallest absolute Gasteiger partial charge is 0.264 e. The summed E-state index contributed by atoms with van der Waals surface area (Å²) in [4.78, 5) is 27.0.